The molecule has 16 nitrogen and oxygen atoms in total. The SMILES string of the molecule is CC(C)(C)OC(=O)N(CCOCCOCCNC(=O)COc1cccc2c1C(=O)N(C1CCC(=O)NC1=O)C2=O)CC(=O)O. The Balaban J connectivity index is 1.34. The Morgan fingerprint density at radius 2 is 1.75 bits per heavy atom. The number of hydrogen-bond donors (Lipinski definition) is 3. The minimum absolute atomic E-state index is 0.00668. The third-order valence-electron chi connectivity index (χ3n) is 6.21. The van der Waals surface area contributed by atoms with Gasteiger partial charge in [0.15, 0.2) is 6.61 Å². The molecule has 2 heterocycles. The molecule has 1 aromatic rings. The van der Waals surface area contributed by atoms with Crippen molar-refractivity contribution >= 4 is 41.6 Å². The van der Waals surface area contributed by atoms with Crippen molar-refractivity contribution in [1.82, 2.24) is 20.4 Å². The van der Waals surface area contributed by atoms with E-state index in [-0.39, 0.29) is 69.2 Å². The van der Waals surface area contributed by atoms with Crippen LogP contribution in [0.2, 0.25) is 0 Å². The molecule has 3 rings (SSSR count). The zero-order chi connectivity index (χ0) is 32.4. The summed E-state index contributed by atoms with van der Waals surface area (Å²) < 4.78 is 21.5. The molecule has 1 aromatic carbocycles. The van der Waals surface area contributed by atoms with Gasteiger partial charge in [-0.2, -0.15) is 0 Å². The number of carboxylic acid groups (broad SMARTS) is 1. The van der Waals surface area contributed by atoms with Gasteiger partial charge in [0.25, 0.3) is 17.7 Å². The molecule has 6 amide bonds. The van der Waals surface area contributed by atoms with Crippen LogP contribution in [0.15, 0.2) is 18.2 Å². The molecule has 3 N–H and O–H groups in total. The van der Waals surface area contributed by atoms with E-state index in [2.05, 4.69) is 10.6 Å². The van der Waals surface area contributed by atoms with Crippen LogP contribution in [0.25, 0.3) is 0 Å². The van der Waals surface area contributed by atoms with Gasteiger partial charge in [0.05, 0.1) is 37.6 Å². The molecule has 0 bridgehead atoms. The topological polar surface area (TPSA) is 207 Å². The first-order valence-corrected chi connectivity index (χ1v) is 13.9. The summed E-state index contributed by atoms with van der Waals surface area (Å²) in [6, 6.07) is 3.22. The van der Waals surface area contributed by atoms with Gasteiger partial charge in [0.2, 0.25) is 11.8 Å². The zero-order valence-corrected chi connectivity index (χ0v) is 24.7. The largest absolute Gasteiger partial charge is 0.483 e. The van der Waals surface area contributed by atoms with Crippen LogP contribution >= 0.6 is 0 Å². The molecule has 1 unspecified atom stereocenters. The highest BCUT2D eigenvalue weighted by Gasteiger charge is 2.46. The monoisotopic (exact) mass is 620 g/mol. The Morgan fingerprint density at radius 3 is 2.41 bits per heavy atom. The molecule has 2 aliphatic rings. The number of carbonyl (C=O) groups excluding carboxylic acids is 6. The Kier molecular flexibility index (Phi) is 11.8. The van der Waals surface area contributed by atoms with Crippen molar-refractivity contribution in [3.63, 3.8) is 0 Å². The summed E-state index contributed by atoms with van der Waals surface area (Å²) in [6.07, 6.45) is -0.749. The van der Waals surface area contributed by atoms with Gasteiger partial charge in [-0.15, -0.1) is 0 Å². The van der Waals surface area contributed by atoms with Crippen LogP contribution in [0.5, 0.6) is 5.75 Å². The normalized spacial score (nSPS) is 16.3. The Labute approximate surface area is 252 Å². The molecule has 0 radical (unpaired) electrons. The van der Waals surface area contributed by atoms with E-state index < -0.39 is 66.4 Å². The van der Waals surface area contributed by atoms with Crippen molar-refractivity contribution in [2.75, 3.05) is 52.7 Å². The molecule has 2 aliphatic heterocycles. The second kappa shape index (κ2) is 15.2. The van der Waals surface area contributed by atoms with Gasteiger partial charge in [0, 0.05) is 19.5 Å². The summed E-state index contributed by atoms with van der Waals surface area (Å²) in [6.45, 7) is 4.73. The quantitative estimate of drug-likeness (QED) is 0.174. The number of nitrogens with zero attached hydrogens (tertiary/aromatic N) is 2. The van der Waals surface area contributed by atoms with Crippen molar-refractivity contribution in [3.8, 4) is 5.75 Å². The van der Waals surface area contributed by atoms with Crippen LogP contribution in [0.1, 0.15) is 54.3 Å². The molecule has 44 heavy (non-hydrogen) atoms. The van der Waals surface area contributed by atoms with Gasteiger partial charge >= 0.3 is 12.1 Å². The third kappa shape index (κ3) is 9.47. The van der Waals surface area contributed by atoms with E-state index in [0.29, 0.717) is 0 Å². The number of ether oxygens (including phenoxy) is 4. The summed E-state index contributed by atoms with van der Waals surface area (Å²) in [7, 11) is 0. The lowest BCUT2D eigenvalue weighted by Gasteiger charge is -2.27. The Morgan fingerprint density at radius 1 is 1.05 bits per heavy atom. The highest BCUT2D eigenvalue weighted by molar-refractivity contribution is 6.24. The molecule has 0 aliphatic carbocycles. The predicted molar refractivity (Wildman–Crippen MR) is 149 cm³/mol. The van der Waals surface area contributed by atoms with E-state index in [1.807, 2.05) is 0 Å². The van der Waals surface area contributed by atoms with Crippen molar-refractivity contribution < 1.29 is 57.6 Å². The molecule has 16 heteroatoms. The van der Waals surface area contributed by atoms with E-state index in [4.69, 9.17) is 24.1 Å². The van der Waals surface area contributed by atoms with Gasteiger partial charge in [-0.25, -0.2) is 4.79 Å². The summed E-state index contributed by atoms with van der Waals surface area (Å²) in [5.41, 5.74) is -0.796. The van der Waals surface area contributed by atoms with Gasteiger partial charge in [-0.1, -0.05) is 6.07 Å². The number of aliphatic carboxylic acids is 1. The Bertz CT molecular complexity index is 1290. The van der Waals surface area contributed by atoms with Crippen LogP contribution in [0.4, 0.5) is 4.79 Å². The highest BCUT2D eigenvalue weighted by atomic mass is 16.6. The van der Waals surface area contributed by atoms with E-state index in [0.717, 1.165) is 9.80 Å². The lowest BCUT2D eigenvalue weighted by Crippen LogP contribution is -2.54. The van der Waals surface area contributed by atoms with Crippen molar-refractivity contribution in [2.45, 2.75) is 45.3 Å². The van der Waals surface area contributed by atoms with Crippen LogP contribution in [0, 0.1) is 0 Å². The lowest BCUT2D eigenvalue weighted by molar-refractivity contribution is -0.138. The standard InChI is InChI=1S/C28H36N4O12/c1-28(2,3)44-27(40)31(15-22(35)36)10-12-42-14-13-41-11-9-29-21(34)16-43-19-6-4-5-17-23(19)26(39)32(25(17)38)18-7-8-20(33)30-24(18)37/h4-6,18H,7-16H2,1-3H3,(H,29,34)(H,35,36)(H,30,33,37). The first-order chi connectivity index (χ1) is 20.8. The number of benzene rings is 1. The number of hydrogen-bond acceptors (Lipinski definition) is 11. The fourth-order valence-corrected chi connectivity index (χ4v) is 4.28. The van der Waals surface area contributed by atoms with E-state index in [1.54, 1.807) is 20.8 Å². The van der Waals surface area contributed by atoms with E-state index in [1.165, 1.54) is 18.2 Å². The van der Waals surface area contributed by atoms with Crippen molar-refractivity contribution in [1.29, 1.82) is 0 Å². The molecule has 1 atom stereocenters. The Hall–Kier alpha value is -4.57. The maximum Gasteiger partial charge on any atom is 0.410 e. The summed E-state index contributed by atoms with van der Waals surface area (Å²) in [5, 5.41) is 13.7. The van der Waals surface area contributed by atoms with E-state index in [9.17, 15) is 33.6 Å². The number of amides is 6. The molecular weight excluding hydrogens is 584 g/mol. The number of piperidine rings is 1. The number of imide groups is 2. The minimum atomic E-state index is -1.18. The maximum atomic E-state index is 13.1. The third-order valence-corrected chi connectivity index (χ3v) is 6.21. The number of rotatable bonds is 15. The second-order valence-electron chi connectivity index (χ2n) is 10.8. The fraction of sp³-hybridized carbons (Fsp3) is 0.536. The number of carbonyl (C=O) groups is 7. The minimum Gasteiger partial charge on any atom is -0.483 e. The van der Waals surface area contributed by atoms with Crippen LogP contribution in [-0.2, 0) is 33.4 Å². The first kappa shape index (κ1) is 33.9. The molecule has 0 spiro atoms. The van der Waals surface area contributed by atoms with Gasteiger partial charge in [0.1, 0.15) is 23.9 Å². The average Bonchev–Trinajstić information content (AvgIpc) is 3.19. The first-order valence-electron chi connectivity index (χ1n) is 13.9. The number of nitrogens with one attached hydrogen (secondary N) is 2. The summed E-state index contributed by atoms with van der Waals surface area (Å²) in [5.74, 6) is -4.32. The number of fused-ring (bicyclic) bond motifs is 1. The average molecular weight is 621 g/mol. The van der Waals surface area contributed by atoms with E-state index >= 15 is 0 Å². The van der Waals surface area contributed by atoms with Crippen LogP contribution < -0.4 is 15.4 Å². The van der Waals surface area contributed by atoms with Gasteiger partial charge in [-0.3, -0.25) is 43.9 Å². The summed E-state index contributed by atoms with van der Waals surface area (Å²) >= 11 is 0. The summed E-state index contributed by atoms with van der Waals surface area (Å²) in [4.78, 5) is 87.0. The van der Waals surface area contributed by atoms with Crippen molar-refractivity contribution in [2.24, 2.45) is 0 Å². The van der Waals surface area contributed by atoms with Crippen LogP contribution in [0.3, 0.4) is 0 Å². The van der Waals surface area contributed by atoms with Crippen LogP contribution in [-0.4, -0.2) is 121 Å². The smallest absolute Gasteiger partial charge is 0.410 e. The van der Waals surface area contributed by atoms with Gasteiger partial charge in [-0.05, 0) is 39.3 Å². The molecule has 1 fully saturated rings. The maximum absolute atomic E-state index is 13.1. The fourth-order valence-electron chi connectivity index (χ4n) is 4.28. The number of carboxylic acids is 1. The molecule has 0 aromatic heterocycles. The molecule has 1 saturated heterocycles. The molecule has 0 saturated carbocycles. The lowest BCUT2D eigenvalue weighted by atomic mass is 10.0. The second-order valence-corrected chi connectivity index (χ2v) is 10.8. The van der Waals surface area contributed by atoms with Gasteiger partial charge < -0.3 is 29.4 Å². The molecule has 240 valence electrons. The highest BCUT2D eigenvalue weighted by Crippen LogP contribution is 2.33. The zero-order valence-electron chi connectivity index (χ0n) is 24.7. The van der Waals surface area contributed by atoms with Crippen molar-refractivity contribution in [3.05, 3.63) is 29.3 Å². The molecular formula is C28H36N4O12. The predicted octanol–water partition coefficient (Wildman–Crippen LogP) is -0.0623.